The van der Waals surface area contributed by atoms with Gasteiger partial charge in [-0.2, -0.15) is 0 Å². The SMILES string of the molecule is COc1ccc(N2CCN(c3c(C(=O)c4ccc(C)cc4)c[nH+]c4cc(OC)c(OC)cc34)CC2)cc1. The lowest BCUT2D eigenvalue weighted by molar-refractivity contribution is -0.344. The molecule has 5 rings (SSSR count). The number of aromatic nitrogens is 1. The number of methoxy groups -OCH3 is 3. The molecule has 0 unspecified atom stereocenters. The van der Waals surface area contributed by atoms with Gasteiger partial charge in [-0.3, -0.25) is 4.79 Å². The predicted octanol–water partition coefficient (Wildman–Crippen LogP) is 4.55. The fourth-order valence-corrected chi connectivity index (χ4v) is 4.91. The van der Waals surface area contributed by atoms with Crippen LogP contribution in [-0.4, -0.2) is 53.3 Å². The van der Waals surface area contributed by atoms with E-state index < -0.39 is 0 Å². The van der Waals surface area contributed by atoms with Gasteiger partial charge in [-0.1, -0.05) is 29.8 Å². The maximum absolute atomic E-state index is 13.8. The van der Waals surface area contributed by atoms with Crippen LogP contribution < -0.4 is 29.0 Å². The zero-order chi connectivity index (χ0) is 25.9. The Labute approximate surface area is 217 Å². The molecule has 1 aliphatic rings. The van der Waals surface area contributed by atoms with E-state index in [1.165, 1.54) is 0 Å². The molecule has 0 atom stereocenters. The second-order valence-electron chi connectivity index (χ2n) is 9.17. The number of fused-ring (bicyclic) bond motifs is 1. The minimum atomic E-state index is -0.0134. The number of pyridine rings is 1. The van der Waals surface area contributed by atoms with Gasteiger partial charge >= 0.3 is 0 Å². The topological polar surface area (TPSA) is 65.4 Å². The minimum absolute atomic E-state index is 0.0134. The van der Waals surface area contributed by atoms with Gasteiger partial charge in [0.05, 0.1) is 38.5 Å². The highest BCUT2D eigenvalue weighted by molar-refractivity contribution is 6.15. The summed E-state index contributed by atoms with van der Waals surface area (Å²) in [4.78, 5) is 21.8. The Morgan fingerprint density at radius 1 is 0.784 bits per heavy atom. The van der Waals surface area contributed by atoms with E-state index in [0.29, 0.717) is 22.6 Å². The number of ketones is 1. The number of carbonyl (C=O) groups is 1. The van der Waals surface area contributed by atoms with Crippen molar-refractivity contribution in [2.24, 2.45) is 0 Å². The second-order valence-corrected chi connectivity index (χ2v) is 9.17. The molecule has 7 heteroatoms. The van der Waals surface area contributed by atoms with Gasteiger partial charge in [0.15, 0.2) is 17.7 Å². The molecule has 37 heavy (non-hydrogen) atoms. The van der Waals surface area contributed by atoms with Crippen molar-refractivity contribution in [3.63, 3.8) is 0 Å². The number of piperazine rings is 1. The summed E-state index contributed by atoms with van der Waals surface area (Å²) in [7, 11) is 4.93. The van der Waals surface area contributed by atoms with Crippen molar-refractivity contribution >= 4 is 28.1 Å². The van der Waals surface area contributed by atoms with Gasteiger partial charge in [-0.25, -0.2) is 4.98 Å². The number of hydrogen-bond acceptors (Lipinski definition) is 6. The quantitative estimate of drug-likeness (QED) is 0.349. The minimum Gasteiger partial charge on any atom is -0.497 e. The van der Waals surface area contributed by atoms with E-state index in [2.05, 4.69) is 26.9 Å². The van der Waals surface area contributed by atoms with Crippen molar-refractivity contribution in [3.8, 4) is 17.2 Å². The smallest absolute Gasteiger partial charge is 0.216 e. The maximum atomic E-state index is 13.8. The van der Waals surface area contributed by atoms with Gasteiger partial charge < -0.3 is 24.0 Å². The van der Waals surface area contributed by atoms with Crippen molar-refractivity contribution in [3.05, 3.63) is 83.6 Å². The molecule has 0 radical (unpaired) electrons. The number of ether oxygens (including phenoxy) is 3. The number of hydrogen-bond donors (Lipinski definition) is 0. The number of aromatic amines is 1. The molecule has 1 N–H and O–H groups in total. The number of anilines is 2. The molecule has 3 aromatic carbocycles. The molecule has 0 saturated carbocycles. The summed E-state index contributed by atoms with van der Waals surface area (Å²) in [6.45, 7) is 5.22. The Bertz CT molecular complexity index is 1410. The molecule has 0 amide bonds. The molecular weight excluding hydrogens is 466 g/mol. The highest BCUT2D eigenvalue weighted by Crippen LogP contribution is 2.38. The highest BCUT2D eigenvalue weighted by Gasteiger charge is 2.28. The first kappa shape index (κ1) is 24.4. The van der Waals surface area contributed by atoms with Gasteiger partial charge in [0.25, 0.3) is 0 Å². The lowest BCUT2D eigenvalue weighted by Crippen LogP contribution is -2.47. The third-order valence-corrected chi connectivity index (χ3v) is 7.00. The Kier molecular flexibility index (Phi) is 6.86. The van der Waals surface area contributed by atoms with E-state index in [9.17, 15) is 4.79 Å². The molecule has 1 saturated heterocycles. The van der Waals surface area contributed by atoms with Crippen LogP contribution >= 0.6 is 0 Å². The van der Waals surface area contributed by atoms with Crippen LogP contribution in [0.2, 0.25) is 0 Å². The molecule has 4 aromatic rings. The number of aryl methyl sites for hydroxylation is 1. The monoisotopic (exact) mass is 498 g/mol. The molecule has 1 aromatic heterocycles. The highest BCUT2D eigenvalue weighted by atomic mass is 16.5. The molecule has 7 nitrogen and oxygen atoms in total. The Morgan fingerprint density at radius 2 is 1.41 bits per heavy atom. The average Bonchev–Trinajstić information content (AvgIpc) is 2.96. The normalized spacial score (nSPS) is 13.5. The third-order valence-electron chi connectivity index (χ3n) is 7.00. The first-order valence-electron chi connectivity index (χ1n) is 12.4. The van der Waals surface area contributed by atoms with Crippen LogP contribution in [0.15, 0.2) is 66.9 Å². The third kappa shape index (κ3) is 4.77. The molecule has 190 valence electrons. The molecule has 1 fully saturated rings. The van der Waals surface area contributed by atoms with Gasteiger partial charge in [0.2, 0.25) is 11.3 Å². The summed E-state index contributed by atoms with van der Waals surface area (Å²) in [5.41, 5.74) is 5.38. The van der Waals surface area contributed by atoms with Crippen molar-refractivity contribution in [1.29, 1.82) is 0 Å². The molecule has 0 spiro atoms. The van der Waals surface area contributed by atoms with Crippen molar-refractivity contribution in [1.82, 2.24) is 0 Å². The lowest BCUT2D eigenvalue weighted by Gasteiger charge is -2.38. The Balaban J connectivity index is 1.55. The Morgan fingerprint density at radius 3 is 2.03 bits per heavy atom. The first-order valence-corrected chi connectivity index (χ1v) is 12.4. The van der Waals surface area contributed by atoms with Crippen LogP contribution in [0.4, 0.5) is 11.4 Å². The second kappa shape index (κ2) is 10.4. The summed E-state index contributed by atoms with van der Waals surface area (Å²) in [5, 5.41) is 0.925. The summed E-state index contributed by atoms with van der Waals surface area (Å²) >= 11 is 0. The van der Waals surface area contributed by atoms with E-state index >= 15 is 0 Å². The van der Waals surface area contributed by atoms with Crippen molar-refractivity contribution < 1.29 is 24.0 Å². The van der Waals surface area contributed by atoms with E-state index in [-0.39, 0.29) is 5.78 Å². The molecular formula is C30H32N3O4+. The number of rotatable bonds is 7. The number of nitrogens with one attached hydrogen (secondary N) is 1. The van der Waals surface area contributed by atoms with Crippen LogP contribution in [-0.2, 0) is 0 Å². The summed E-state index contributed by atoms with van der Waals surface area (Å²) in [6, 6.07) is 19.8. The van der Waals surface area contributed by atoms with Gasteiger partial charge in [-0.05, 0) is 37.3 Å². The standard InChI is InChI=1S/C30H31N3O4/c1-20-5-7-21(8-6-20)30(34)25-19-31-26-18-28(37-4)27(36-3)17-24(26)29(25)33-15-13-32(14-16-33)22-9-11-23(35-2)12-10-22/h5-12,17-19H,13-16H2,1-4H3/p+1. The predicted molar refractivity (Wildman–Crippen MR) is 146 cm³/mol. The largest absolute Gasteiger partial charge is 0.497 e. The van der Waals surface area contributed by atoms with Crippen LogP contribution in [0.1, 0.15) is 21.5 Å². The van der Waals surface area contributed by atoms with Crippen molar-refractivity contribution in [2.45, 2.75) is 6.92 Å². The van der Waals surface area contributed by atoms with E-state index in [4.69, 9.17) is 14.2 Å². The van der Waals surface area contributed by atoms with E-state index in [1.54, 1.807) is 21.3 Å². The fourth-order valence-electron chi connectivity index (χ4n) is 4.91. The van der Waals surface area contributed by atoms with Crippen LogP contribution in [0.25, 0.3) is 10.9 Å². The van der Waals surface area contributed by atoms with Crippen LogP contribution in [0, 0.1) is 6.92 Å². The van der Waals surface area contributed by atoms with Crippen molar-refractivity contribution in [2.75, 3.05) is 57.3 Å². The maximum Gasteiger partial charge on any atom is 0.216 e. The summed E-state index contributed by atoms with van der Waals surface area (Å²) < 4.78 is 16.4. The molecule has 0 aliphatic carbocycles. The van der Waals surface area contributed by atoms with Gasteiger partial charge in [0, 0.05) is 37.4 Å². The molecule has 1 aliphatic heterocycles. The van der Waals surface area contributed by atoms with Crippen LogP contribution in [0.3, 0.4) is 0 Å². The zero-order valence-corrected chi connectivity index (χ0v) is 21.7. The molecule has 2 heterocycles. The van der Waals surface area contributed by atoms with Gasteiger partial charge in [-0.15, -0.1) is 0 Å². The summed E-state index contributed by atoms with van der Waals surface area (Å²) in [6.07, 6.45) is 1.82. The first-order chi connectivity index (χ1) is 18.0. The fraction of sp³-hybridized carbons (Fsp3) is 0.267. The summed E-state index contributed by atoms with van der Waals surface area (Å²) in [5.74, 6) is 2.10. The number of benzene rings is 3. The lowest BCUT2D eigenvalue weighted by atomic mass is 9.98. The van der Waals surface area contributed by atoms with Crippen LogP contribution in [0.5, 0.6) is 17.2 Å². The molecule has 0 bridgehead atoms. The van der Waals surface area contributed by atoms with E-state index in [0.717, 1.165) is 59.8 Å². The Hall–Kier alpha value is -4.26. The van der Waals surface area contributed by atoms with Gasteiger partial charge in [0.1, 0.15) is 11.3 Å². The number of nitrogens with zero attached hydrogens (tertiary/aromatic N) is 2. The van der Waals surface area contributed by atoms with E-state index in [1.807, 2.05) is 61.7 Å². The number of H-pyrrole nitrogens is 1. The average molecular weight is 499 g/mol. The zero-order valence-electron chi connectivity index (χ0n) is 21.7. The number of carbonyl (C=O) groups excluding carboxylic acids is 1.